The molecule has 1 fully saturated rings. The van der Waals surface area contributed by atoms with Crippen molar-refractivity contribution < 1.29 is 19.7 Å². The Labute approximate surface area is 88.8 Å². The van der Waals surface area contributed by atoms with E-state index in [4.69, 9.17) is 14.9 Å². The molecule has 0 aromatic rings. The number of carbonyl (C=O) groups is 1. The molecule has 1 heterocycles. The van der Waals surface area contributed by atoms with Crippen LogP contribution in [0.4, 0.5) is 4.79 Å². The zero-order valence-corrected chi connectivity index (χ0v) is 8.85. The lowest BCUT2D eigenvalue weighted by molar-refractivity contribution is 0.00273. The van der Waals surface area contributed by atoms with Gasteiger partial charge in [-0.2, -0.15) is 0 Å². The lowest BCUT2D eigenvalue weighted by Gasteiger charge is -2.37. The van der Waals surface area contributed by atoms with Gasteiger partial charge in [-0.05, 0) is 6.42 Å². The molecule has 6 heteroatoms. The summed E-state index contributed by atoms with van der Waals surface area (Å²) < 4.78 is 5.23. The first kappa shape index (κ1) is 12.2. The Morgan fingerprint density at radius 2 is 2.40 bits per heavy atom. The Kier molecular flexibility index (Phi) is 4.80. The highest BCUT2D eigenvalue weighted by atomic mass is 16.5. The SMILES string of the molecule is CO[C@@H]1CN(CCO)CC[C@@H]1NC(=O)O. The number of amides is 1. The van der Waals surface area contributed by atoms with Gasteiger partial charge in [0.05, 0.1) is 18.8 Å². The molecule has 1 aliphatic heterocycles. The maximum absolute atomic E-state index is 10.5. The normalized spacial score (nSPS) is 27.6. The van der Waals surface area contributed by atoms with E-state index in [-0.39, 0.29) is 18.8 Å². The topological polar surface area (TPSA) is 82.0 Å². The van der Waals surface area contributed by atoms with Gasteiger partial charge in [0.15, 0.2) is 0 Å². The van der Waals surface area contributed by atoms with Crippen LogP contribution in [-0.2, 0) is 4.74 Å². The van der Waals surface area contributed by atoms with Crippen LogP contribution in [0.3, 0.4) is 0 Å². The summed E-state index contributed by atoms with van der Waals surface area (Å²) in [5.74, 6) is 0. The second kappa shape index (κ2) is 5.89. The van der Waals surface area contributed by atoms with E-state index in [9.17, 15) is 4.79 Å². The molecule has 0 aromatic carbocycles. The molecule has 2 atom stereocenters. The number of hydrogen-bond donors (Lipinski definition) is 3. The number of ether oxygens (including phenoxy) is 1. The smallest absolute Gasteiger partial charge is 0.404 e. The van der Waals surface area contributed by atoms with Crippen LogP contribution in [-0.4, -0.2) is 66.7 Å². The number of carboxylic acid groups (broad SMARTS) is 1. The molecule has 1 rings (SSSR count). The maximum Gasteiger partial charge on any atom is 0.404 e. The van der Waals surface area contributed by atoms with Gasteiger partial charge in [-0.15, -0.1) is 0 Å². The van der Waals surface area contributed by atoms with Crippen LogP contribution in [0.1, 0.15) is 6.42 Å². The van der Waals surface area contributed by atoms with E-state index in [2.05, 4.69) is 10.2 Å². The Bertz CT molecular complexity index is 212. The Morgan fingerprint density at radius 3 is 2.93 bits per heavy atom. The second-order valence-corrected chi connectivity index (χ2v) is 3.64. The van der Waals surface area contributed by atoms with Crippen molar-refractivity contribution in [2.45, 2.75) is 18.6 Å². The van der Waals surface area contributed by atoms with Crippen molar-refractivity contribution in [1.29, 1.82) is 0 Å². The highest BCUT2D eigenvalue weighted by molar-refractivity contribution is 5.64. The number of hydrogen-bond acceptors (Lipinski definition) is 4. The molecular formula is C9H18N2O4. The Balaban J connectivity index is 2.45. The van der Waals surface area contributed by atoms with Gasteiger partial charge in [-0.1, -0.05) is 0 Å². The van der Waals surface area contributed by atoms with Crippen molar-refractivity contribution in [2.75, 3.05) is 33.4 Å². The quantitative estimate of drug-likeness (QED) is 0.583. The molecule has 1 saturated heterocycles. The van der Waals surface area contributed by atoms with Gasteiger partial charge in [0.25, 0.3) is 0 Å². The number of nitrogens with zero attached hydrogens (tertiary/aromatic N) is 1. The van der Waals surface area contributed by atoms with Crippen molar-refractivity contribution >= 4 is 6.09 Å². The molecule has 0 radical (unpaired) electrons. The summed E-state index contributed by atoms with van der Waals surface area (Å²) in [6.07, 6.45) is -0.441. The van der Waals surface area contributed by atoms with E-state index in [0.29, 0.717) is 19.5 Å². The summed E-state index contributed by atoms with van der Waals surface area (Å²) in [7, 11) is 1.57. The molecule has 1 aliphatic rings. The summed E-state index contributed by atoms with van der Waals surface area (Å²) >= 11 is 0. The van der Waals surface area contributed by atoms with Crippen molar-refractivity contribution in [3.8, 4) is 0 Å². The fraction of sp³-hybridized carbons (Fsp3) is 0.889. The van der Waals surface area contributed by atoms with E-state index in [1.165, 1.54) is 0 Å². The number of rotatable bonds is 4. The predicted molar refractivity (Wildman–Crippen MR) is 53.9 cm³/mol. The zero-order valence-electron chi connectivity index (χ0n) is 8.85. The molecule has 0 unspecified atom stereocenters. The first-order valence-electron chi connectivity index (χ1n) is 5.03. The van der Waals surface area contributed by atoms with Gasteiger partial charge >= 0.3 is 6.09 Å². The average Bonchev–Trinajstić information content (AvgIpc) is 2.20. The minimum Gasteiger partial charge on any atom is -0.465 e. The number of aliphatic hydroxyl groups is 1. The second-order valence-electron chi connectivity index (χ2n) is 3.64. The van der Waals surface area contributed by atoms with Gasteiger partial charge in [-0.3, -0.25) is 4.90 Å². The van der Waals surface area contributed by atoms with Crippen molar-refractivity contribution in [3.05, 3.63) is 0 Å². The molecule has 88 valence electrons. The Hall–Kier alpha value is -0.850. The van der Waals surface area contributed by atoms with Crippen molar-refractivity contribution in [1.82, 2.24) is 10.2 Å². The monoisotopic (exact) mass is 218 g/mol. The van der Waals surface area contributed by atoms with Crippen LogP contribution < -0.4 is 5.32 Å². The first-order valence-corrected chi connectivity index (χ1v) is 5.03. The number of methoxy groups -OCH3 is 1. The average molecular weight is 218 g/mol. The maximum atomic E-state index is 10.5. The van der Waals surface area contributed by atoms with Gasteiger partial charge < -0.3 is 20.3 Å². The molecule has 15 heavy (non-hydrogen) atoms. The third-order valence-electron chi connectivity index (χ3n) is 2.67. The van der Waals surface area contributed by atoms with Gasteiger partial charge in [0, 0.05) is 26.7 Å². The number of β-amino-alcohol motifs (C(OH)–C–C–N with tert-alkyl or cyclic N) is 1. The highest BCUT2D eigenvalue weighted by Crippen LogP contribution is 2.13. The molecule has 0 bridgehead atoms. The van der Waals surface area contributed by atoms with Crippen LogP contribution in [0.25, 0.3) is 0 Å². The molecular weight excluding hydrogens is 200 g/mol. The lowest BCUT2D eigenvalue weighted by atomic mass is 10.0. The van der Waals surface area contributed by atoms with E-state index in [1.54, 1.807) is 7.11 Å². The standard InChI is InChI=1S/C9H18N2O4/c1-15-8-6-11(4-5-12)3-2-7(8)10-9(13)14/h7-8,10,12H,2-6H2,1H3,(H,13,14)/t7-,8+/m0/s1. The number of piperidine rings is 1. The molecule has 6 nitrogen and oxygen atoms in total. The summed E-state index contributed by atoms with van der Waals surface area (Å²) in [4.78, 5) is 12.6. The van der Waals surface area contributed by atoms with Gasteiger partial charge in [-0.25, -0.2) is 4.79 Å². The van der Waals surface area contributed by atoms with E-state index >= 15 is 0 Å². The van der Waals surface area contributed by atoms with Crippen molar-refractivity contribution in [2.24, 2.45) is 0 Å². The van der Waals surface area contributed by atoms with E-state index in [0.717, 1.165) is 6.54 Å². The van der Waals surface area contributed by atoms with Gasteiger partial charge in [0.2, 0.25) is 0 Å². The third kappa shape index (κ3) is 3.65. The molecule has 0 aromatic heterocycles. The lowest BCUT2D eigenvalue weighted by Crippen LogP contribution is -2.54. The zero-order chi connectivity index (χ0) is 11.3. The van der Waals surface area contributed by atoms with E-state index < -0.39 is 6.09 Å². The number of nitrogens with one attached hydrogen (secondary N) is 1. The fourth-order valence-electron chi connectivity index (χ4n) is 1.89. The van der Waals surface area contributed by atoms with Gasteiger partial charge in [0.1, 0.15) is 0 Å². The molecule has 0 saturated carbocycles. The summed E-state index contributed by atoms with van der Waals surface area (Å²) in [5, 5.41) is 19.9. The molecule has 1 amide bonds. The summed E-state index contributed by atoms with van der Waals surface area (Å²) in [6.45, 7) is 2.17. The Morgan fingerprint density at radius 1 is 1.67 bits per heavy atom. The van der Waals surface area contributed by atoms with Crippen LogP contribution in [0.5, 0.6) is 0 Å². The minimum atomic E-state index is -1.02. The predicted octanol–water partition coefficient (Wildman–Crippen LogP) is -0.664. The van der Waals surface area contributed by atoms with Crippen LogP contribution in [0.15, 0.2) is 0 Å². The van der Waals surface area contributed by atoms with Crippen LogP contribution in [0, 0.1) is 0 Å². The fourth-order valence-corrected chi connectivity index (χ4v) is 1.89. The van der Waals surface area contributed by atoms with Crippen LogP contribution >= 0.6 is 0 Å². The molecule has 3 N–H and O–H groups in total. The minimum absolute atomic E-state index is 0.119. The molecule has 0 spiro atoms. The van der Waals surface area contributed by atoms with Crippen LogP contribution in [0.2, 0.25) is 0 Å². The first-order chi connectivity index (χ1) is 7.17. The summed E-state index contributed by atoms with van der Waals surface area (Å²) in [6, 6.07) is -0.151. The highest BCUT2D eigenvalue weighted by Gasteiger charge is 2.29. The summed E-state index contributed by atoms with van der Waals surface area (Å²) in [5.41, 5.74) is 0. The molecule has 0 aliphatic carbocycles. The third-order valence-corrected chi connectivity index (χ3v) is 2.67. The number of aliphatic hydroxyl groups excluding tert-OH is 1. The van der Waals surface area contributed by atoms with E-state index in [1.807, 2.05) is 0 Å². The number of likely N-dealkylation sites (tertiary alicyclic amines) is 1. The van der Waals surface area contributed by atoms with Crippen molar-refractivity contribution in [3.63, 3.8) is 0 Å². The largest absolute Gasteiger partial charge is 0.465 e.